The fraction of sp³-hybridized carbons (Fsp3) is 0.250. The first kappa shape index (κ1) is 16.1. The number of rotatable bonds is 5. The minimum atomic E-state index is -0.157. The second-order valence-corrected chi connectivity index (χ2v) is 5.61. The molecule has 1 aromatic carbocycles. The van der Waals surface area contributed by atoms with E-state index in [0.29, 0.717) is 5.02 Å². The summed E-state index contributed by atoms with van der Waals surface area (Å²) in [6, 6.07) is 8.94. The summed E-state index contributed by atoms with van der Waals surface area (Å²) in [6.07, 6.45) is 1.62. The summed E-state index contributed by atoms with van der Waals surface area (Å²) in [5.41, 5.74) is 1.61. The molecule has 1 aromatic heterocycles. The summed E-state index contributed by atoms with van der Waals surface area (Å²) in [6.45, 7) is 3.82. The van der Waals surface area contributed by atoms with Crippen LogP contribution in [0.15, 0.2) is 36.5 Å². The molecule has 2 rings (SSSR count). The van der Waals surface area contributed by atoms with Gasteiger partial charge in [-0.25, -0.2) is 4.98 Å². The van der Waals surface area contributed by atoms with Gasteiger partial charge in [-0.15, -0.1) is 0 Å². The molecule has 0 aliphatic rings. The number of aromatic hydroxyl groups is 1. The van der Waals surface area contributed by atoms with E-state index in [9.17, 15) is 9.90 Å². The van der Waals surface area contributed by atoms with Crippen LogP contribution in [-0.2, 0) is 4.79 Å². The van der Waals surface area contributed by atoms with Crippen LogP contribution in [0.2, 0.25) is 5.02 Å². The van der Waals surface area contributed by atoms with Gasteiger partial charge in [0.15, 0.2) is 11.6 Å². The third-order valence-electron chi connectivity index (χ3n) is 2.89. The normalized spacial score (nSPS) is 10.5. The molecule has 0 saturated carbocycles. The number of carbonyl (C=O) groups is 1. The topological polar surface area (TPSA) is 74.2 Å². The van der Waals surface area contributed by atoms with Gasteiger partial charge in [-0.2, -0.15) is 0 Å². The van der Waals surface area contributed by atoms with Gasteiger partial charge in [-0.1, -0.05) is 23.7 Å². The van der Waals surface area contributed by atoms with Gasteiger partial charge in [-0.05, 0) is 37.6 Å². The smallest absolute Gasteiger partial charge is 0.239 e. The quantitative estimate of drug-likeness (QED) is 0.792. The highest BCUT2D eigenvalue weighted by molar-refractivity contribution is 6.30. The van der Waals surface area contributed by atoms with E-state index in [4.69, 9.17) is 11.6 Å². The fourth-order valence-electron chi connectivity index (χ4n) is 1.95. The van der Waals surface area contributed by atoms with E-state index in [1.165, 1.54) is 0 Å². The van der Waals surface area contributed by atoms with Gasteiger partial charge in [0.1, 0.15) is 0 Å². The second kappa shape index (κ2) is 7.13. The zero-order valence-corrected chi connectivity index (χ0v) is 13.2. The molecular weight excluding hydrogens is 302 g/mol. The number of amides is 1. The van der Waals surface area contributed by atoms with Crippen molar-refractivity contribution in [3.63, 3.8) is 0 Å². The van der Waals surface area contributed by atoms with Crippen molar-refractivity contribution in [2.24, 2.45) is 0 Å². The Labute approximate surface area is 134 Å². The highest BCUT2D eigenvalue weighted by Gasteiger charge is 2.08. The summed E-state index contributed by atoms with van der Waals surface area (Å²) < 4.78 is 0. The van der Waals surface area contributed by atoms with Crippen LogP contribution in [0.4, 0.5) is 5.82 Å². The second-order valence-electron chi connectivity index (χ2n) is 5.18. The highest BCUT2D eigenvalue weighted by Crippen LogP contribution is 2.28. The lowest BCUT2D eigenvalue weighted by Crippen LogP contribution is -2.34. The van der Waals surface area contributed by atoms with Gasteiger partial charge >= 0.3 is 0 Å². The zero-order valence-electron chi connectivity index (χ0n) is 12.4. The first-order valence-electron chi connectivity index (χ1n) is 6.94. The van der Waals surface area contributed by atoms with Gasteiger partial charge in [0, 0.05) is 22.8 Å². The number of nitrogens with one attached hydrogen (secondary N) is 2. The molecule has 0 atom stereocenters. The van der Waals surface area contributed by atoms with Crippen molar-refractivity contribution in [1.82, 2.24) is 10.3 Å². The van der Waals surface area contributed by atoms with Gasteiger partial charge < -0.3 is 15.7 Å². The molecule has 0 radical (unpaired) electrons. The first-order chi connectivity index (χ1) is 10.5. The largest absolute Gasteiger partial charge is 0.504 e. The predicted molar refractivity (Wildman–Crippen MR) is 88.1 cm³/mol. The number of pyridine rings is 1. The molecule has 5 nitrogen and oxygen atoms in total. The Kier molecular flexibility index (Phi) is 5.22. The average Bonchev–Trinajstić information content (AvgIpc) is 2.45. The third kappa shape index (κ3) is 4.36. The Morgan fingerprint density at radius 3 is 2.73 bits per heavy atom. The van der Waals surface area contributed by atoms with Gasteiger partial charge in [0.2, 0.25) is 5.91 Å². The number of benzene rings is 1. The minimum absolute atomic E-state index is 0.0187. The van der Waals surface area contributed by atoms with Crippen molar-refractivity contribution in [3.8, 4) is 16.9 Å². The van der Waals surface area contributed by atoms with E-state index in [1.54, 1.807) is 24.4 Å². The number of hydrogen-bond acceptors (Lipinski definition) is 4. The number of nitrogens with zero attached hydrogens (tertiary/aromatic N) is 1. The molecule has 0 saturated heterocycles. The predicted octanol–water partition coefficient (Wildman–Crippen LogP) is 3.04. The van der Waals surface area contributed by atoms with Crippen molar-refractivity contribution in [2.45, 2.75) is 19.9 Å². The van der Waals surface area contributed by atoms with E-state index in [2.05, 4.69) is 15.6 Å². The molecule has 2 aromatic rings. The van der Waals surface area contributed by atoms with Gasteiger partial charge in [-0.3, -0.25) is 4.79 Å². The molecular formula is C16H18ClN3O2. The van der Waals surface area contributed by atoms with Crippen LogP contribution in [0, 0.1) is 0 Å². The Morgan fingerprint density at radius 1 is 1.32 bits per heavy atom. The Balaban J connectivity index is 2.08. The maximum atomic E-state index is 11.6. The summed E-state index contributed by atoms with van der Waals surface area (Å²) in [7, 11) is 0. The van der Waals surface area contributed by atoms with Gasteiger partial charge in [0.05, 0.1) is 6.54 Å². The standard InChI is InChI=1S/C16H18ClN3O2/c1-10(2)20-15(22)9-19-16-14(21)7-12(8-18-16)11-4-3-5-13(17)6-11/h3-8,10,21H,9H2,1-2H3,(H,18,19)(H,20,22). The third-order valence-corrected chi connectivity index (χ3v) is 3.13. The number of halogens is 1. The molecule has 0 fully saturated rings. The van der Waals surface area contributed by atoms with E-state index < -0.39 is 0 Å². The molecule has 1 amide bonds. The lowest BCUT2D eigenvalue weighted by atomic mass is 10.1. The van der Waals surface area contributed by atoms with Crippen LogP contribution >= 0.6 is 11.6 Å². The van der Waals surface area contributed by atoms with E-state index in [1.807, 2.05) is 26.0 Å². The Bertz CT molecular complexity index is 674. The monoisotopic (exact) mass is 319 g/mol. The lowest BCUT2D eigenvalue weighted by molar-refractivity contribution is -0.119. The molecule has 0 spiro atoms. The van der Waals surface area contributed by atoms with Crippen molar-refractivity contribution >= 4 is 23.3 Å². The van der Waals surface area contributed by atoms with Gasteiger partial charge in [0.25, 0.3) is 0 Å². The van der Waals surface area contributed by atoms with Crippen LogP contribution in [0.1, 0.15) is 13.8 Å². The van der Waals surface area contributed by atoms with Crippen LogP contribution in [0.3, 0.4) is 0 Å². The van der Waals surface area contributed by atoms with E-state index in [-0.39, 0.29) is 30.1 Å². The molecule has 22 heavy (non-hydrogen) atoms. The molecule has 0 bridgehead atoms. The van der Waals surface area contributed by atoms with Crippen molar-refractivity contribution in [1.29, 1.82) is 0 Å². The zero-order chi connectivity index (χ0) is 16.1. The van der Waals surface area contributed by atoms with Crippen LogP contribution < -0.4 is 10.6 Å². The SMILES string of the molecule is CC(C)NC(=O)CNc1ncc(-c2cccc(Cl)c2)cc1O. The summed E-state index contributed by atoms with van der Waals surface area (Å²) >= 11 is 5.95. The lowest BCUT2D eigenvalue weighted by Gasteiger charge is -2.11. The minimum Gasteiger partial charge on any atom is -0.504 e. The van der Waals surface area contributed by atoms with Crippen molar-refractivity contribution in [2.75, 3.05) is 11.9 Å². The molecule has 1 heterocycles. The molecule has 0 unspecified atom stereocenters. The maximum absolute atomic E-state index is 11.6. The average molecular weight is 320 g/mol. The van der Waals surface area contributed by atoms with Crippen molar-refractivity contribution < 1.29 is 9.90 Å². The van der Waals surface area contributed by atoms with Crippen LogP contribution in [-0.4, -0.2) is 28.6 Å². The number of carbonyl (C=O) groups excluding carboxylic acids is 1. The van der Waals surface area contributed by atoms with Crippen LogP contribution in [0.5, 0.6) is 5.75 Å². The Hall–Kier alpha value is -2.27. The summed E-state index contributed by atoms with van der Waals surface area (Å²) in [4.78, 5) is 15.7. The highest BCUT2D eigenvalue weighted by atomic mass is 35.5. The van der Waals surface area contributed by atoms with Crippen LogP contribution in [0.25, 0.3) is 11.1 Å². The number of anilines is 1. The maximum Gasteiger partial charge on any atom is 0.239 e. The summed E-state index contributed by atoms with van der Waals surface area (Å²) in [5, 5.41) is 16.2. The molecule has 0 aliphatic heterocycles. The molecule has 0 aliphatic carbocycles. The molecule has 3 N–H and O–H groups in total. The Morgan fingerprint density at radius 2 is 2.09 bits per heavy atom. The van der Waals surface area contributed by atoms with E-state index >= 15 is 0 Å². The molecule has 6 heteroatoms. The number of hydrogen-bond donors (Lipinski definition) is 3. The molecule has 116 valence electrons. The fourth-order valence-corrected chi connectivity index (χ4v) is 2.14. The van der Waals surface area contributed by atoms with Crippen molar-refractivity contribution in [3.05, 3.63) is 41.6 Å². The van der Waals surface area contributed by atoms with E-state index in [0.717, 1.165) is 11.1 Å². The first-order valence-corrected chi connectivity index (χ1v) is 7.31. The number of aromatic nitrogens is 1. The summed E-state index contributed by atoms with van der Waals surface area (Å²) in [5.74, 6) is 0.0922.